The van der Waals surface area contributed by atoms with Crippen LogP contribution in [0.15, 0.2) is 78.9 Å². The summed E-state index contributed by atoms with van der Waals surface area (Å²) in [5.41, 5.74) is 10.3. The zero-order valence-corrected chi connectivity index (χ0v) is 19.3. The molecule has 0 fully saturated rings. The first-order valence-electron chi connectivity index (χ1n) is 10.5. The zero-order chi connectivity index (χ0) is 23.2. The molecule has 0 aliphatic carbocycles. The minimum absolute atomic E-state index is 0.372. The topological polar surface area (TPSA) is 85.0 Å². The lowest BCUT2D eigenvalue weighted by atomic mass is 10.1. The van der Waals surface area contributed by atoms with Gasteiger partial charge in [-0.1, -0.05) is 89.9 Å². The first kappa shape index (κ1) is 22.7. The number of urea groups is 1. The minimum Gasteiger partial charge on any atom is -0.382 e. The van der Waals surface area contributed by atoms with Crippen LogP contribution in [0.3, 0.4) is 0 Å². The third-order valence-corrected chi connectivity index (χ3v) is 5.73. The predicted octanol–water partition coefficient (Wildman–Crippen LogP) is 5.85. The Bertz CT molecular complexity index is 1240. The Hall–Kier alpha value is -3.48. The molecule has 1 heterocycles. The van der Waals surface area contributed by atoms with Gasteiger partial charge in [0, 0.05) is 22.2 Å². The summed E-state index contributed by atoms with van der Waals surface area (Å²) in [5.74, 6) is 0.383. The smallest absolute Gasteiger partial charge is 0.319 e. The number of amides is 2. The van der Waals surface area contributed by atoms with Crippen LogP contribution in [0.25, 0.3) is 11.3 Å². The molecule has 4 N–H and O–H groups in total. The number of aromatic nitrogens is 2. The van der Waals surface area contributed by atoms with E-state index in [9.17, 15) is 4.79 Å². The van der Waals surface area contributed by atoms with Crippen molar-refractivity contribution in [3.63, 3.8) is 0 Å². The van der Waals surface area contributed by atoms with Crippen LogP contribution in [0.1, 0.15) is 11.1 Å². The van der Waals surface area contributed by atoms with E-state index in [2.05, 4.69) is 10.6 Å². The summed E-state index contributed by atoms with van der Waals surface area (Å²) >= 11 is 12.2. The molecule has 168 valence electrons. The van der Waals surface area contributed by atoms with Crippen LogP contribution < -0.4 is 16.4 Å². The number of nitrogens with one attached hydrogen (secondary N) is 2. The molecule has 4 aromatic rings. The van der Waals surface area contributed by atoms with Crippen molar-refractivity contribution < 1.29 is 4.79 Å². The molecule has 6 nitrogen and oxygen atoms in total. The number of benzene rings is 3. The molecule has 0 aliphatic rings. The molecule has 33 heavy (non-hydrogen) atoms. The second-order valence-electron chi connectivity index (χ2n) is 7.48. The van der Waals surface area contributed by atoms with E-state index in [1.54, 1.807) is 16.8 Å². The third kappa shape index (κ3) is 5.66. The van der Waals surface area contributed by atoms with Crippen LogP contribution in [-0.2, 0) is 13.0 Å². The molecule has 2 amide bonds. The number of nitrogen functional groups attached to an aromatic ring is 1. The van der Waals surface area contributed by atoms with Gasteiger partial charge in [-0.15, -0.1) is 0 Å². The molecule has 8 heteroatoms. The molecule has 0 spiro atoms. The van der Waals surface area contributed by atoms with Gasteiger partial charge < -0.3 is 16.4 Å². The number of nitrogens with two attached hydrogens (primary N) is 1. The predicted molar refractivity (Wildman–Crippen MR) is 135 cm³/mol. The van der Waals surface area contributed by atoms with Gasteiger partial charge in [-0.05, 0) is 29.7 Å². The van der Waals surface area contributed by atoms with E-state index in [0.29, 0.717) is 46.8 Å². The normalized spacial score (nSPS) is 10.7. The fraction of sp³-hybridized carbons (Fsp3) is 0.120. The second-order valence-corrected chi connectivity index (χ2v) is 8.33. The highest BCUT2D eigenvalue weighted by Gasteiger charge is 2.19. The van der Waals surface area contributed by atoms with Crippen LogP contribution in [0.5, 0.6) is 0 Å². The molecule has 0 bridgehead atoms. The Labute approximate surface area is 202 Å². The molecule has 0 saturated carbocycles. The fourth-order valence-electron chi connectivity index (χ4n) is 3.47. The summed E-state index contributed by atoms with van der Waals surface area (Å²) < 4.78 is 1.70. The van der Waals surface area contributed by atoms with Crippen LogP contribution in [-0.4, -0.2) is 22.4 Å². The number of halogens is 2. The Morgan fingerprint density at radius 1 is 0.970 bits per heavy atom. The van der Waals surface area contributed by atoms with Crippen LogP contribution in [0.2, 0.25) is 10.0 Å². The van der Waals surface area contributed by atoms with Gasteiger partial charge >= 0.3 is 6.03 Å². The largest absolute Gasteiger partial charge is 0.382 e. The van der Waals surface area contributed by atoms with E-state index in [1.165, 1.54) is 0 Å². The average Bonchev–Trinajstić information content (AvgIpc) is 3.11. The van der Waals surface area contributed by atoms with E-state index >= 15 is 0 Å². The van der Waals surface area contributed by atoms with Gasteiger partial charge in [0.25, 0.3) is 0 Å². The van der Waals surface area contributed by atoms with Gasteiger partial charge in [0.1, 0.15) is 17.2 Å². The first-order chi connectivity index (χ1) is 16.0. The quantitative estimate of drug-likeness (QED) is 0.310. The fourth-order valence-corrected chi connectivity index (χ4v) is 3.97. The van der Waals surface area contributed by atoms with E-state index in [4.69, 9.17) is 34.0 Å². The van der Waals surface area contributed by atoms with Gasteiger partial charge in [0.05, 0.1) is 6.54 Å². The number of hydrogen-bond acceptors (Lipinski definition) is 3. The molecular weight excluding hydrogens is 457 g/mol. The van der Waals surface area contributed by atoms with E-state index in [0.717, 1.165) is 16.7 Å². The highest BCUT2D eigenvalue weighted by atomic mass is 35.5. The Morgan fingerprint density at radius 3 is 2.36 bits per heavy atom. The third-order valence-electron chi connectivity index (χ3n) is 5.15. The number of rotatable bonds is 7. The zero-order valence-electron chi connectivity index (χ0n) is 17.8. The van der Waals surface area contributed by atoms with Crippen molar-refractivity contribution in [2.75, 3.05) is 17.6 Å². The number of hydrogen-bond donors (Lipinski definition) is 3. The molecule has 4 rings (SSSR count). The van der Waals surface area contributed by atoms with Gasteiger partial charge in [-0.3, -0.25) is 0 Å². The van der Waals surface area contributed by atoms with E-state index in [1.807, 2.05) is 66.7 Å². The number of nitrogens with zero attached hydrogens (tertiary/aromatic N) is 2. The summed E-state index contributed by atoms with van der Waals surface area (Å²) in [4.78, 5) is 12.7. The number of carbonyl (C=O) groups is 1. The molecule has 0 saturated heterocycles. The van der Waals surface area contributed by atoms with E-state index < -0.39 is 0 Å². The van der Waals surface area contributed by atoms with Crippen molar-refractivity contribution in [3.8, 4) is 11.3 Å². The molecule has 0 unspecified atom stereocenters. The van der Waals surface area contributed by atoms with Gasteiger partial charge in [-0.2, -0.15) is 5.10 Å². The monoisotopic (exact) mass is 479 g/mol. The molecular formula is C25H23Cl2N5O. The van der Waals surface area contributed by atoms with Crippen molar-refractivity contribution in [1.82, 2.24) is 15.1 Å². The van der Waals surface area contributed by atoms with Gasteiger partial charge in [0.15, 0.2) is 0 Å². The van der Waals surface area contributed by atoms with Crippen molar-refractivity contribution in [2.24, 2.45) is 0 Å². The summed E-state index contributed by atoms with van der Waals surface area (Å²) in [6.07, 6.45) is 0.567. The average molecular weight is 480 g/mol. The Balaban J connectivity index is 1.51. The summed E-state index contributed by atoms with van der Waals surface area (Å²) in [5, 5.41) is 11.6. The standard InChI is InChI=1S/C25H23Cl2N5O/c26-20-12-11-18(21(27)15-20)13-14-29-25(33)30-23-22(19-9-5-2-6-10-19)31-32(24(23)28)16-17-7-3-1-4-8-17/h1-12,15H,13-14,16,28H2,(H2,29,30,33). The Kier molecular flexibility index (Phi) is 7.17. The summed E-state index contributed by atoms with van der Waals surface area (Å²) in [7, 11) is 0. The number of carbonyl (C=O) groups excluding carboxylic acids is 1. The van der Waals surface area contributed by atoms with Gasteiger partial charge in [0.2, 0.25) is 0 Å². The highest BCUT2D eigenvalue weighted by Crippen LogP contribution is 2.32. The minimum atomic E-state index is -0.372. The summed E-state index contributed by atoms with van der Waals surface area (Å²) in [6, 6.07) is 24.5. The maximum atomic E-state index is 12.7. The second kappa shape index (κ2) is 10.4. The highest BCUT2D eigenvalue weighted by molar-refractivity contribution is 6.35. The van der Waals surface area contributed by atoms with Crippen LogP contribution in [0.4, 0.5) is 16.3 Å². The maximum absolute atomic E-state index is 12.7. The first-order valence-corrected chi connectivity index (χ1v) is 11.2. The maximum Gasteiger partial charge on any atom is 0.319 e. The van der Waals surface area contributed by atoms with Crippen molar-refractivity contribution in [3.05, 3.63) is 100 Å². The van der Waals surface area contributed by atoms with Crippen molar-refractivity contribution in [1.29, 1.82) is 0 Å². The Morgan fingerprint density at radius 2 is 1.67 bits per heavy atom. The molecule has 0 radical (unpaired) electrons. The van der Waals surface area contributed by atoms with Crippen LogP contribution >= 0.6 is 23.2 Å². The lowest BCUT2D eigenvalue weighted by Gasteiger charge is -2.10. The lowest BCUT2D eigenvalue weighted by molar-refractivity contribution is 0.252. The van der Waals surface area contributed by atoms with Crippen molar-refractivity contribution in [2.45, 2.75) is 13.0 Å². The van der Waals surface area contributed by atoms with Crippen LogP contribution in [0, 0.1) is 0 Å². The molecule has 1 aromatic heterocycles. The number of anilines is 2. The van der Waals surface area contributed by atoms with E-state index in [-0.39, 0.29) is 6.03 Å². The SMILES string of the molecule is Nc1c(NC(=O)NCCc2ccc(Cl)cc2Cl)c(-c2ccccc2)nn1Cc1ccccc1. The molecule has 0 aliphatic heterocycles. The molecule has 3 aromatic carbocycles. The van der Waals surface area contributed by atoms with Crippen molar-refractivity contribution >= 4 is 40.7 Å². The lowest BCUT2D eigenvalue weighted by Crippen LogP contribution is -2.30. The van der Waals surface area contributed by atoms with Gasteiger partial charge in [-0.25, -0.2) is 9.48 Å². The summed E-state index contributed by atoms with van der Waals surface area (Å²) in [6.45, 7) is 0.886. The molecule has 0 atom stereocenters.